The van der Waals surface area contributed by atoms with E-state index in [1.807, 2.05) is 0 Å². The molecule has 3 aliphatic rings. The number of rotatable bonds is 1. The van der Waals surface area contributed by atoms with Crippen LogP contribution in [0.5, 0.6) is 0 Å². The second-order valence-electron chi connectivity index (χ2n) is 5.75. The lowest BCUT2D eigenvalue weighted by Crippen LogP contribution is -2.59. The zero-order valence-electron chi connectivity index (χ0n) is 10.2. The van der Waals surface area contributed by atoms with E-state index < -0.39 is 0 Å². The second-order valence-corrected chi connectivity index (χ2v) is 5.75. The van der Waals surface area contributed by atoms with Gasteiger partial charge in [-0.05, 0) is 12.8 Å². The summed E-state index contributed by atoms with van der Waals surface area (Å²) in [6.07, 6.45) is 6.97. The molecule has 2 aliphatic heterocycles. The van der Waals surface area contributed by atoms with Crippen LogP contribution in [0.4, 0.5) is 0 Å². The van der Waals surface area contributed by atoms with Crippen LogP contribution in [0.1, 0.15) is 44.9 Å². The van der Waals surface area contributed by atoms with Crippen LogP contribution in [0.15, 0.2) is 0 Å². The highest BCUT2D eigenvalue weighted by Gasteiger charge is 2.53. The zero-order valence-corrected chi connectivity index (χ0v) is 10.2. The van der Waals surface area contributed by atoms with Crippen molar-refractivity contribution < 1.29 is 9.59 Å². The summed E-state index contributed by atoms with van der Waals surface area (Å²) in [5.74, 6) is 0.208. The molecule has 0 aromatic rings. The lowest BCUT2D eigenvalue weighted by atomic mass is 9.79. The summed E-state index contributed by atoms with van der Waals surface area (Å²) in [4.78, 5) is 26.2. The molecule has 0 bridgehead atoms. The van der Waals surface area contributed by atoms with E-state index in [1.165, 1.54) is 12.8 Å². The van der Waals surface area contributed by atoms with Gasteiger partial charge in [0.05, 0.1) is 11.5 Å². The minimum Gasteiger partial charge on any atom is -0.313 e. The molecule has 4 heteroatoms. The minimum atomic E-state index is -0.316. The number of carbonyl (C=O) groups excluding carboxylic acids is 2. The Morgan fingerprint density at radius 2 is 1.71 bits per heavy atom. The van der Waals surface area contributed by atoms with Crippen molar-refractivity contribution in [3.05, 3.63) is 0 Å². The number of hydrogen-bond donors (Lipinski definition) is 1. The Morgan fingerprint density at radius 1 is 1.06 bits per heavy atom. The molecule has 1 N–H and O–H groups in total. The molecule has 0 aromatic carbocycles. The first-order chi connectivity index (χ1) is 8.23. The topological polar surface area (TPSA) is 49.4 Å². The summed E-state index contributed by atoms with van der Waals surface area (Å²) in [5.41, 5.74) is -0.316. The number of nitrogens with zero attached hydrogens (tertiary/aromatic N) is 1. The fourth-order valence-corrected chi connectivity index (χ4v) is 3.44. The number of imide groups is 1. The number of nitrogens with one attached hydrogen (secondary N) is 1. The third-order valence-corrected chi connectivity index (χ3v) is 4.62. The molecule has 1 aliphatic carbocycles. The lowest BCUT2D eigenvalue weighted by molar-refractivity contribution is -0.145. The fourth-order valence-electron chi connectivity index (χ4n) is 3.44. The smallest absolute Gasteiger partial charge is 0.236 e. The Morgan fingerprint density at radius 3 is 2.24 bits per heavy atom. The largest absolute Gasteiger partial charge is 0.313 e. The quantitative estimate of drug-likeness (QED) is 0.693. The maximum atomic E-state index is 12.6. The predicted octanol–water partition coefficient (Wildman–Crippen LogP) is 1.06. The molecule has 0 atom stereocenters. The number of hydrogen-bond acceptors (Lipinski definition) is 3. The van der Waals surface area contributed by atoms with E-state index in [0.29, 0.717) is 6.42 Å². The van der Waals surface area contributed by atoms with Crippen LogP contribution < -0.4 is 5.32 Å². The van der Waals surface area contributed by atoms with Crippen molar-refractivity contribution in [1.29, 1.82) is 0 Å². The highest BCUT2D eigenvalue weighted by atomic mass is 16.2. The summed E-state index contributed by atoms with van der Waals surface area (Å²) in [7, 11) is 0. The first-order valence-corrected chi connectivity index (χ1v) is 6.80. The Bertz CT molecular complexity index is 341. The van der Waals surface area contributed by atoms with Crippen molar-refractivity contribution in [2.45, 2.75) is 51.0 Å². The molecular weight excluding hydrogens is 216 g/mol. The van der Waals surface area contributed by atoms with Gasteiger partial charge in [-0.15, -0.1) is 0 Å². The van der Waals surface area contributed by atoms with Gasteiger partial charge in [0.2, 0.25) is 11.8 Å². The molecule has 1 saturated carbocycles. The molecule has 2 amide bonds. The molecule has 0 radical (unpaired) electrons. The lowest BCUT2D eigenvalue weighted by Gasteiger charge is -2.35. The molecule has 0 aromatic heterocycles. The Balaban J connectivity index is 1.82. The van der Waals surface area contributed by atoms with Crippen molar-refractivity contribution in [2.75, 3.05) is 13.1 Å². The van der Waals surface area contributed by atoms with Crippen molar-refractivity contribution in [3.63, 3.8) is 0 Å². The molecule has 1 spiro atoms. The maximum absolute atomic E-state index is 12.6. The third kappa shape index (κ3) is 1.69. The van der Waals surface area contributed by atoms with Gasteiger partial charge in [-0.25, -0.2) is 0 Å². The van der Waals surface area contributed by atoms with Crippen LogP contribution in [0.2, 0.25) is 0 Å². The van der Waals surface area contributed by atoms with Crippen LogP contribution in [-0.2, 0) is 9.59 Å². The van der Waals surface area contributed by atoms with Gasteiger partial charge in [-0.1, -0.05) is 25.7 Å². The van der Waals surface area contributed by atoms with Gasteiger partial charge in [0.15, 0.2) is 0 Å². The van der Waals surface area contributed by atoms with Crippen molar-refractivity contribution in [3.8, 4) is 0 Å². The highest BCUT2D eigenvalue weighted by molar-refractivity contribution is 6.06. The Kier molecular flexibility index (Phi) is 2.69. The van der Waals surface area contributed by atoms with Crippen molar-refractivity contribution in [1.82, 2.24) is 10.2 Å². The van der Waals surface area contributed by atoms with Crippen LogP contribution in [0.25, 0.3) is 0 Å². The highest BCUT2D eigenvalue weighted by Crippen LogP contribution is 2.45. The molecule has 4 nitrogen and oxygen atoms in total. The number of carbonyl (C=O) groups is 2. The fraction of sp³-hybridized carbons (Fsp3) is 0.846. The number of likely N-dealkylation sites (tertiary alicyclic amines) is 1. The average molecular weight is 236 g/mol. The SMILES string of the molecule is O=C1CC2(CCCCCC2)C(=O)N1C1CNC1. The maximum Gasteiger partial charge on any atom is 0.236 e. The van der Waals surface area contributed by atoms with Gasteiger partial charge in [-0.2, -0.15) is 0 Å². The standard InChI is InChI=1S/C13H20N2O2/c16-11-7-13(5-3-1-2-4-6-13)12(17)15(11)10-8-14-9-10/h10,14H,1-9H2. The first-order valence-electron chi connectivity index (χ1n) is 6.80. The Labute approximate surface area is 102 Å². The summed E-state index contributed by atoms with van der Waals surface area (Å²) < 4.78 is 0. The van der Waals surface area contributed by atoms with Crippen molar-refractivity contribution in [2.24, 2.45) is 5.41 Å². The van der Waals surface area contributed by atoms with E-state index >= 15 is 0 Å². The van der Waals surface area contributed by atoms with E-state index in [1.54, 1.807) is 4.90 Å². The van der Waals surface area contributed by atoms with Gasteiger partial charge in [0, 0.05) is 19.5 Å². The monoisotopic (exact) mass is 236 g/mol. The summed E-state index contributed by atoms with van der Waals surface area (Å²) in [5, 5.41) is 3.14. The van der Waals surface area contributed by atoms with E-state index in [2.05, 4.69) is 5.32 Å². The summed E-state index contributed by atoms with van der Waals surface area (Å²) in [6.45, 7) is 1.57. The molecule has 94 valence electrons. The van der Waals surface area contributed by atoms with Gasteiger partial charge in [-0.3, -0.25) is 14.5 Å². The van der Waals surface area contributed by atoms with Gasteiger partial charge in [0.25, 0.3) is 0 Å². The first kappa shape index (κ1) is 11.2. The Hall–Kier alpha value is -0.900. The molecule has 0 unspecified atom stereocenters. The predicted molar refractivity (Wildman–Crippen MR) is 63.3 cm³/mol. The average Bonchev–Trinajstić information content (AvgIpc) is 2.45. The normalized spacial score (nSPS) is 29.5. The van der Waals surface area contributed by atoms with Crippen LogP contribution in [0.3, 0.4) is 0 Å². The zero-order chi connectivity index (χ0) is 11.9. The summed E-state index contributed by atoms with van der Waals surface area (Å²) in [6, 6.07) is 0.137. The van der Waals surface area contributed by atoms with Crippen LogP contribution in [-0.4, -0.2) is 35.8 Å². The minimum absolute atomic E-state index is 0.0726. The summed E-state index contributed by atoms with van der Waals surface area (Å²) >= 11 is 0. The van der Waals surface area contributed by atoms with E-state index in [9.17, 15) is 9.59 Å². The number of amides is 2. The molecule has 2 heterocycles. The molecule has 17 heavy (non-hydrogen) atoms. The molecule has 3 fully saturated rings. The molecule has 2 saturated heterocycles. The van der Waals surface area contributed by atoms with Gasteiger partial charge in [0.1, 0.15) is 0 Å². The second kappa shape index (κ2) is 4.09. The van der Waals surface area contributed by atoms with E-state index in [-0.39, 0.29) is 23.3 Å². The van der Waals surface area contributed by atoms with Crippen LogP contribution >= 0.6 is 0 Å². The molecule has 3 rings (SSSR count). The van der Waals surface area contributed by atoms with E-state index in [0.717, 1.165) is 38.8 Å². The van der Waals surface area contributed by atoms with Crippen molar-refractivity contribution >= 4 is 11.8 Å². The van der Waals surface area contributed by atoms with E-state index in [4.69, 9.17) is 0 Å². The van der Waals surface area contributed by atoms with Gasteiger partial charge < -0.3 is 5.32 Å². The third-order valence-electron chi connectivity index (χ3n) is 4.62. The van der Waals surface area contributed by atoms with Crippen LogP contribution in [0, 0.1) is 5.41 Å². The van der Waals surface area contributed by atoms with Gasteiger partial charge >= 0.3 is 0 Å². The molecular formula is C13H20N2O2.